The highest BCUT2D eigenvalue weighted by atomic mass is 32.2. The number of hydrogen-bond acceptors (Lipinski definition) is 4. The molecule has 0 radical (unpaired) electrons. The average molecular weight is 276 g/mol. The summed E-state index contributed by atoms with van der Waals surface area (Å²) in [6, 6.07) is 3.12. The molecule has 0 unspecified atom stereocenters. The molecule has 0 saturated heterocycles. The van der Waals surface area contributed by atoms with E-state index >= 15 is 0 Å². The zero-order valence-corrected chi connectivity index (χ0v) is 10.7. The minimum Gasteiger partial charge on any atom is -0.479 e. The number of ether oxygens (including phenoxy) is 1. The Morgan fingerprint density at radius 3 is 2.50 bits per heavy atom. The molecule has 0 bridgehead atoms. The Morgan fingerprint density at radius 1 is 1.44 bits per heavy atom. The van der Waals surface area contributed by atoms with Crippen LogP contribution >= 0.6 is 0 Å². The fourth-order valence-corrected chi connectivity index (χ4v) is 2.26. The molecule has 0 aliphatic carbocycles. The van der Waals surface area contributed by atoms with E-state index in [-0.39, 0.29) is 10.6 Å². The first-order valence-corrected chi connectivity index (χ1v) is 6.68. The van der Waals surface area contributed by atoms with Crippen molar-refractivity contribution >= 4 is 15.8 Å². The summed E-state index contributed by atoms with van der Waals surface area (Å²) in [6.07, 6.45) is 0. The second-order valence-electron chi connectivity index (χ2n) is 3.87. The maximum absolute atomic E-state index is 13.5. The van der Waals surface area contributed by atoms with E-state index < -0.39 is 33.5 Å². The van der Waals surface area contributed by atoms with Crippen LogP contribution in [0.25, 0.3) is 0 Å². The number of aliphatic carboxylic acids is 1. The van der Waals surface area contributed by atoms with Gasteiger partial charge in [0.05, 0.1) is 10.1 Å². The highest BCUT2D eigenvalue weighted by Crippen LogP contribution is 2.23. The molecular weight excluding hydrogens is 263 g/mol. The molecule has 0 atom stereocenters. The minimum absolute atomic E-state index is 0.155. The molecule has 0 amide bonds. The van der Waals surface area contributed by atoms with Gasteiger partial charge < -0.3 is 9.84 Å². The average Bonchev–Trinajstić information content (AvgIpc) is 2.26. The third-order valence-corrected chi connectivity index (χ3v) is 4.36. The van der Waals surface area contributed by atoms with Crippen molar-refractivity contribution in [3.05, 3.63) is 24.0 Å². The van der Waals surface area contributed by atoms with Gasteiger partial charge in [0.15, 0.2) is 28.0 Å². The lowest BCUT2D eigenvalue weighted by Gasteiger charge is -2.09. The summed E-state index contributed by atoms with van der Waals surface area (Å²) < 4.78 is 41.7. The van der Waals surface area contributed by atoms with E-state index in [1.54, 1.807) is 0 Å². The molecule has 0 fully saturated rings. The number of hydrogen-bond donors (Lipinski definition) is 1. The van der Waals surface area contributed by atoms with Crippen LogP contribution in [0.5, 0.6) is 5.75 Å². The summed E-state index contributed by atoms with van der Waals surface area (Å²) in [5, 5.41) is 7.71. The molecule has 1 rings (SSSR count). The van der Waals surface area contributed by atoms with E-state index in [0.717, 1.165) is 12.1 Å². The van der Waals surface area contributed by atoms with E-state index in [4.69, 9.17) is 5.11 Å². The van der Waals surface area contributed by atoms with Gasteiger partial charge in [-0.15, -0.1) is 0 Å². The predicted molar refractivity (Wildman–Crippen MR) is 61.9 cm³/mol. The van der Waals surface area contributed by atoms with Gasteiger partial charge in [-0.05, 0) is 32.0 Å². The largest absolute Gasteiger partial charge is 0.479 e. The molecule has 1 N–H and O–H groups in total. The fraction of sp³-hybridized carbons (Fsp3) is 0.364. The van der Waals surface area contributed by atoms with Crippen LogP contribution in [0, 0.1) is 5.82 Å². The number of sulfone groups is 1. The van der Waals surface area contributed by atoms with Crippen LogP contribution in [0.4, 0.5) is 4.39 Å². The Morgan fingerprint density at radius 2 is 2.06 bits per heavy atom. The summed E-state index contributed by atoms with van der Waals surface area (Å²) in [5.41, 5.74) is 0. The number of rotatable bonds is 5. The Hall–Kier alpha value is -1.63. The lowest BCUT2D eigenvalue weighted by Crippen LogP contribution is -2.15. The maximum Gasteiger partial charge on any atom is 0.341 e. The van der Waals surface area contributed by atoms with Crippen LogP contribution in [-0.2, 0) is 14.6 Å². The SMILES string of the molecule is CC(C)S(=O)(=O)c1ccc(OCC(=O)O)c(F)c1. The number of carboxylic acid groups (broad SMARTS) is 1. The molecule has 1 aromatic rings. The minimum atomic E-state index is -3.56. The summed E-state index contributed by atoms with van der Waals surface area (Å²) in [5.74, 6) is -2.44. The van der Waals surface area contributed by atoms with Gasteiger partial charge in [-0.1, -0.05) is 0 Å². The summed E-state index contributed by atoms with van der Waals surface area (Å²) in [7, 11) is -3.56. The van der Waals surface area contributed by atoms with Crippen molar-refractivity contribution in [1.29, 1.82) is 0 Å². The quantitative estimate of drug-likeness (QED) is 0.880. The van der Waals surface area contributed by atoms with Crippen molar-refractivity contribution in [3.8, 4) is 5.75 Å². The Balaban J connectivity index is 3.03. The van der Waals surface area contributed by atoms with Crippen LogP contribution in [0.1, 0.15) is 13.8 Å². The van der Waals surface area contributed by atoms with Gasteiger partial charge in [-0.3, -0.25) is 0 Å². The van der Waals surface area contributed by atoms with Crippen molar-refractivity contribution in [2.45, 2.75) is 24.0 Å². The molecule has 0 aromatic heterocycles. The number of benzene rings is 1. The van der Waals surface area contributed by atoms with Crippen molar-refractivity contribution in [2.24, 2.45) is 0 Å². The maximum atomic E-state index is 13.5. The standard InChI is InChI=1S/C11H13FO5S/c1-7(2)18(15,16)8-3-4-10(9(12)5-8)17-6-11(13)14/h3-5,7H,6H2,1-2H3,(H,13,14). The van der Waals surface area contributed by atoms with Crippen LogP contribution in [0.2, 0.25) is 0 Å². The van der Waals surface area contributed by atoms with Crippen LogP contribution < -0.4 is 4.74 Å². The number of carboxylic acids is 1. The lowest BCUT2D eigenvalue weighted by molar-refractivity contribution is -0.139. The number of halogens is 1. The smallest absolute Gasteiger partial charge is 0.341 e. The first-order chi connectivity index (χ1) is 8.25. The van der Waals surface area contributed by atoms with Gasteiger partial charge in [0.25, 0.3) is 0 Å². The Bertz CT molecular complexity index is 551. The Labute approximate surface area is 104 Å². The van der Waals surface area contributed by atoms with E-state index in [1.807, 2.05) is 0 Å². The first-order valence-electron chi connectivity index (χ1n) is 5.13. The monoisotopic (exact) mass is 276 g/mol. The first kappa shape index (κ1) is 14.4. The third-order valence-electron chi connectivity index (χ3n) is 2.20. The predicted octanol–water partition coefficient (Wildman–Crippen LogP) is 1.47. The van der Waals surface area contributed by atoms with E-state index in [0.29, 0.717) is 0 Å². The molecule has 18 heavy (non-hydrogen) atoms. The van der Waals surface area contributed by atoms with Crippen LogP contribution in [-0.4, -0.2) is 31.4 Å². The highest BCUT2D eigenvalue weighted by Gasteiger charge is 2.20. The second-order valence-corrected chi connectivity index (χ2v) is 6.37. The van der Waals surface area contributed by atoms with Crippen LogP contribution in [0.3, 0.4) is 0 Å². The topological polar surface area (TPSA) is 80.7 Å². The Kier molecular flexibility index (Phi) is 4.28. The van der Waals surface area contributed by atoms with E-state index in [1.165, 1.54) is 19.9 Å². The molecule has 5 nitrogen and oxygen atoms in total. The van der Waals surface area contributed by atoms with Crippen molar-refractivity contribution in [2.75, 3.05) is 6.61 Å². The van der Waals surface area contributed by atoms with E-state index in [9.17, 15) is 17.6 Å². The molecule has 0 spiro atoms. The molecule has 100 valence electrons. The summed E-state index contributed by atoms with van der Waals surface area (Å²) in [4.78, 5) is 10.1. The van der Waals surface area contributed by atoms with Gasteiger partial charge in [0.1, 0.15) is 0 Å². The normalized spacial score (nSPS) is 11.6. The molecule has 7 heteroatoms. The molecule has 0 aliphatic rings. The van der Waals surface area contributed by atoms with Crippen molar-refractivity contribution in [3.63, 3.8) is 0 Å². The van der Waals surface area contributed by atoms with Gasteiger partial charge in [-0.25, -0.2) is 17.6 Å². The summed E-state index contributed by atoms with van der Waals surface area (Å²) in [6.45, 7) is 2.29. The fourth-order valence-electron chi connectivity index (χ4n) is 1.19. The zero-order valence-electron chi connectivity index (χ0n) is 9.88. The van der Waals surface area contributed by atoms with Crippen molar-refractivity contribution < 1.29 is 27.4 Å². The van der Waals surface area contributed by atoms with Crippen LogP contribution in [0.15, 0.2) is 23.1 Å². The second kappa shape index (κ2) is 5.34. The van der Waals surface area contributed by atoms with Gasteiger partial charge in [0.2, 0.25) is 0 Å². The molecule has 0 saturated carbocycles. The number of carbonyl (C=O) groups is 1. The molecule has 0 aliphatic heterocycles. The zero-order chi connectivity index (χ0) is 13.9. The van der Waals surface area contributed by atoms with Crippen molar-refractivity contribution in [1.82, 2.24) is 0 Å². The summed E-state index contributed by atoms with van der Waals surface area (Å²) >= 11 is 0. The highest BCUT2D eigenvalue weighted by molar-refractivity contribution is 7.92. The van der Waals surface area contributed by atoms with Gasteiger partial charge in [0, 0.05) is 0 Å². The molecular formula is C11H13FO5S. The van der Waals surface area contributed by atoms with Gasteiger partial charge >= 0.3 is 5.97 Å². The lowest BCUT2D eigenvalue weighted by atomic mass is 10.3. The molecule has 1 aromatic carbocycles. The van der Waals surface area contributed by atoms with E-state index in [2.05, 4.69) is 4.74 Å². The van der Waals surface area contributed by atoms with Gasteiger partial charge in [-0.2, -0.15) is 0 Å². The third kappa shape index (κ3) is 3.19. The molecule has 0 heterocycles.